The van der Waals surface area contributed by atoms with Crippen LogP contribution in [0.15, 0.2) is 0 Å². The summed E-state index contributed by atoms with van der Waals surface area (Å²) in [5, 5.41) is 9.84. The van der Waals surface area contributed by atoms with E-state index in [4.69, 9.17) is 18.0 Å². The first-order chi connectivity index (χ1) is 7.88. The van der Waals surface area contributed by atoms with Gasteiger partial charge in [-0.3, -0.25) is 9.48 Å². The quantitative estimate of drug-likeness (QED) is 0.655. The molecule has 94 valence electrons. The number of carbonyl (C=O) groups is 1. The van der Waals surface area contributed by atoms with Gasteiger partial charge in [-0.05, 0) is 13.8 Å². The highest BCUT2D eigenvalue weighted by atomic mass is 32.1. The third-order valence-electron chi connectivity index (χ3n) is 2.46. The minimum absolute atomic E-state index is 0.113. The minimum Gasteiger partial charge on any atom is -0.389 e. The van der Waals surface area contributed by atoms with Gasteiger partial charge in [0, 0.05) is 14.1 Å². The average molecular weight is 255 g/mol. The maximum Gasteiger partial charge on any atom is 0.241 e. The van der Waals surface area contributed by atoms with Crippen LogP contribution in [0.4, 0.5) is 5.82 Å². The number of nitrogens with one attached hydrogen (secondary N) is 2. The number of aryl methyl sites for hydroxylation is 2. The van der Waals surface area contributed by atoms with Gasteiger partial charge in [-0.15, -0.1) is 0 Å². The van der Waals surface area contributed by atoms with Crippen molar-refractivity contribution in [3.05, 3.63) is 11.3 Å². The fourth-order valence-electron chi connectivity index (χ4n) is 1.61. The number of carbonyl (C=O) groups excluding carboxylic acids is 1. The lowest BCUT2D eigenvalue weighted by Gasteiger charge is -2.15. The molecule has 0 saturated heterocycles. The molecule has 0 radical (unpaired) electrons. The van der Waals surface area contributed by atoms with Gasteiger partial charge in [-0.2, -0.15) is 5.10 Å². The predicted molar refractivity (Wildman–Crippen MR) is 71.0 cm³/mol. The number of anilines is 1. The van der Waals surface area contributed by atoms with Crippen molar-refractivity contribution >= 4 is 28.9 Å². The Hall–Kier alpha value is -1.63. The van der Waals surface area contributed by atoms with E-state index in [9.17, 15) is 4.79 Å². The van der Waals surface area contributed by atoms with Crippen LogP contribution in [-0.2, 0) is 11.8 Å². The Morgan fingerprint density at radius 2 is 2.18 bits per heavy atom. The van der Waals surface area contributed by atoms with E-state index in [2.05, 4.69) is 15.7 Å². The molecule has 17 heavy (non-hydrogen) atoms. The monoisotopic (exact) mass is 255 g/mol. The van der Waals surface area contributed by atoms with Gasteiger partial charge < -0.3 is 16.4 Å². The van der Waals surface area contributed by atoms with Crippen molar-refractivity contribution in [3.8, 4) is 0 Å². The SMILES string of the molecule is CNC(=O)C(C)Nc1c(C(N)=S)c(C)nn1C. The van der Waals surface area contributed by atoms with Crippen LogP contribution in [0, 0.1) is 6.92 Å². The lowest BCUT2D eigenvalue weighted by molar-refractivity contribution is -0.121. The second-order valence-corrected chi connectivity index (χ2v) is 4.22. The van der Waals surface area contributed by atoms with Crippen LogP contribution in [0.3, 0.4) is 0 Å². The number of amides is 1. The normalized spacial score (nSPS) is 12.0. The second kappa shape index (κ2) is 5.13. The topological polar surface area (TPSA) is 85.0 Å². The molecule has 0 spiro atoms. The fourth-order valence-corrected chi connectivity index (χ4v) is 1.85. The highest BCUT2D eigenvalue weighted by molar-refractivity contribution is 7.80. The van der Waals surface area contributed by atoms with E-state index >= 15 is 0 Å². The zero-order valence-corrected chi connectivity index (χ0v) is 11.2. The van der Waals surface area contributed by atoms with Gasteiger partial charge in [0.25, 0.3) is 0 Å². The Balaban J connectivity index is 3.06. The molecule has 1 heterocycles. The van der Waals surface area contributed by atoms with Crippen molar-refractivity contribution in [2.75, 3.05) is 12.4 Å². The summed E-state index contributed by atoms with van der Waals surface area (Å²) >= 11 is 4.98. The lowest BCUT2D eigenvalue weighted by Crippen LogP contribution is -2.36. The van der Waals surface area contributed by atoms with Gasteiger partial charge in [-0.1, -0.05) is 12.2 Å². The molecule has 1 aromatic heterocycles. The molecule has 0 fully saturated rings. The molecule has 0 saturated carbocycles. The summed E-state index contributed by atoms with van der Waals surface area (Å²) in [5.74, 6) is 0.545. The van der Waals surface area contributed by atoms with Gasteiger partial charge in [0.15, 0.2) is 0 Å². The standard InChI is InChI=1S/C10H17N5OS/c1-5-7(8(11)17)9(15(4)14-5)13-6(2)10(16)12-3/h6,13H,1-4H3,(H2,11,17)(H,12,16). The molecule has 1 atom stereocenters. The third kappa shape index (κ3) is 2.73. The average Bonchev–Trinajstić information content (AvgIpc) is 2.52. The van der Waals surface area contributed by atoms with Gasteiger partial charge in [0.05, 0.1) is 11.3 Å². The highest BCUT2D eigenvalue weighted by Crippen LogP contribution is 2.19. The summed E-state index contributed by atoms with van der Waals surface area (Å²) in [6.45, 7) is 3.58. The number of hydrogen-bond acceptors (Lipinski definition) is 4. The van der Waals surface area contributed by atoms with E-state index in [-0.39, 0.29) is 16.9 Å². The maximum absolute atomic E-state index is 11.4. The van der Waals surface area contributed by atoms with Crippen molar-refractivity contribution in [2.24, 2.45) is 12.8 Å². The van der Waals surface area contributed by atoms with Crippen molar-refractivity contribution in [1.82, 2.24) is 15.1 Å². The molecule has 1 amide bonds. The molecule has 0 aliphatic rings. The Bertz CT molecular complexity index is 454. The van der Waals surface area contributed by atoms with E-state index < -0.39 is 0 Å². The van der Waals surface area contributed by atoms with Crippen LogP contribution in [0.1, 0.15) is 18.2 Å². The Morgan fingerprint density at radius 1 is 1.59 bits per heavy atom. The Kier molecular flexibility index (Phi) is 4.06. The lowest BCUT2D eigenvalue weighted by atomic mass is 10.2. The Morgan fingerprint density at radius 3 is 2.65 bits per heavy atom. The molecule has 1 aromatic rings. The zero-order chi connectivity index (χ0) is 13.2. The minimum atomic E-state index is -0.386. The summed E-state index contributed by atoms with van der Waals surface area (Å²) in [5.41, 5.74) is 7.07. The molecule has 7 heteroatoms. The number of aromatic nitrogens is 2. The van der Waals surface area contributed by atoms with Crippen LogP contribution in [0.5, 0.6) is 0 Å². The van der Waals surface area contributed by atoms with Crippen molar-refractivity contribution in [1.29, 1.82) is 0 Å². The molecule has 0 aromatic carbocycles. The van der Waals surface area contributed by atoms with E-state index in [1.165, 1.54) is 0 Å². The molecule has 4 N–H and O–H groups in total. The third-order valence-corrected chi connectivity index (χ3v) is 2.67. The molecule has 6 nitrogen and oxygen atoms in total. The number of thiocarbonyl (C=S) groups is 1. The summed E-state index contributed by atoms with van der Waals surface area (Å²) in [4.78, 5) is 11.7. The van der Waals surface area contributed by atoms with Gasteiger partial charge in [0.1, 0.15) is 16.8 Å². The van der Waals surface area contributed by atoms with Crippen LogP contribution in [0.25, 0.3) is 0 Å². The van der Waals surface area contributed by atoms with E-state index in [1.807, 2.05) is 6.92 Å². The number of hydrogen-bond donors (Lipinski definition) is 3. The van der Waals surface area contributed by atoms with Crippen molar-refractivity contribution in [2.45, 2.75) is 19.9 Å². The summed E-state index contributed by atoms with van der Waals surface area (Å²) in [6.07, 6.45) is 0. The summed E-state index contributed by atoms with van der Waals surface area (Å²) < 4.78 is 1.63. The smallest absolute Gasteiger partial charge is 0.241 e. The number of rotatable bonds is 4. The Labute approximate surface area is 106 Å². The van der Waals surface area contributed by atoms with Crippen molar-refractivity contribution < 1.29 is 4.79 Å². The van der Waals surface area contributed by atoms with Crippen LogP contribution >= 0.6 is 12.2 Å². The van der Waals surface area contributed by atoms with Gasteiger partial charge >= 0.3 is 0 Å². The largest absolute Gasteiger partial charge is 0.389 e. The first kappa shape index (κ1) is 13.4. The number of nitrogens with two attached hydrogens (primary N) is 1. The zero-order valence-electron chi connectivity index (χ0n) is 10.4. The van der Waals surface area contributed by atoms with Crippen LogP contribution < -0.4 is 16.4 Å². The predicted octanol–water partition coefficient (Wildman–Crippen LogP) is -0.0909. The van der Waals surface area contributed by atoms with Crippen LogP contribution in [-0.4, -0.2) is 33.8 Å². The molecule has 0 bridgehead atoms. The number of nitrogens with zero attached hydrogens (tertiary/aromatic N) is 2. The first-order valence-electron chi connectivity index (χ1n) is 5.20. The highest BCUT2D eigenvalue weighted by Gasteiger charge is 2.19. The molecule has 1 unspecified atom stereocenters. The fraction of sp³-hybridized carbons (Fsp3) is 0.500. The summed E-state index contributed by atoms with van der Waals surface area (Å²) in [7, 11) is 3.36. The van der Waals surface area contributed by atoms with E-state index in [0.717, 1.165) is 5.69 Å². The number of likely N-dealkylation sites (N-methyl/N-ethyl adjacent to an activating group) is 1. The molecule has 1 rings (SSSR count). The van der Waals surface area contributed by atoms with Gasteiger partial charge in [-0.25, -0.2) is 0 Å². The second-order valence-electron chi connectivity index (χ2n) is 3.78. The molecule has 0 aliphatic heterocycles. The molecular formula is C10H17N5OS. The first-order valence-corrected chi connectivity index (χ1v) is 5.60. The van der Waals surface area contributed by atoms with Crippen molar-refractivity contribution in [3.63, 3.8) is 0 Å². The summed E-state index contributed by atoms with van der Waals surface area (Å²) in [6, 6.07) is -0.386. The van der Waals surface area contributed by atoms with E-state index in [0.29, 0.717) is 11.4 Å². The van der Waals surface area contributed by atoms with Gasteiger partial charge in [0.2, 0.25) is 5.91 Å². The van der Waals surface area contributed by atoms with Crippen LogP contribution in [0.2, 0.25) is 0 Å². The molecule has 0 aliphatic carbocycles. The maximum atomic E-state index is 11.4. The van der Waals surface area contributed by atoms with E-state index in [1.54, 1.807) is 25.7 Å². The molecular weight excluding hydrogens is 238 g/mol.